The normalized spacial score (nSPS) is 11.2. The van der Waals surface area contributed by atoms with E-state index < -0.39 is 0 Å². The van der Waals surface area contributed by atoms with Crippen LogP contribution < -0.4 is 5.32 Å². The fourth-order valence-electron chi connectivity index (χ4n) is 2.25. The minimum Gasteiger partial charge on any atom is -0.385 e. The van der Waals surface area contributed by atoms with Crippen molar-refractivity contribution in [2.75, 3.05) is 11.9 Å². The van der Waals surface area contributed by atoms with Crippen molar-refractivity contribution in [1.82, 2.24) is 4.98 Å². The molecule has 0 saturated heterocycles. The van der Waals surface area contributed by atoms with Crippen LogP contribution in [0, 0.1) is 12.8 Å². The first-order valence-corrected chi connectivity index (χ1v) is 6.74. The van der Waals surface area contributed by atoms with Crippen LogP contribution in [0.25, 0.3) is 10.9 Å². The monoisotopic (exact) mass is 242 g/mol. The Labute approximate surface area is 109 Å². The molecule has 0 spiro atoms. The molecule has 0 fully saturated rings. The molecule has 1 N–H and O–H groups in total. The quantitative estimate of drug-likeness (QED) is 0.870. The van der Waals surface area contributed by atoms with Gasteiger partial charge in [0.25, 0.3) is 0 Å². The standard InChI is InChI=1S/C16H22N2/c1-5-17-16-10-13(8-11(2)3)18-15-7-6-12(4)9-14(15)16/h6-7,9-11H,5,8H2,1-4H3,(H,17,18). The Morgan fingerprint density at radius 1 is 1.22 bits per heavy atom. The van der Waals surface area contributed by atoms with E-state index in [1.54, 1.807) is 0 Å². The van der Waals surface area contributed by atoms with Crippen LogP contribution in [0.3, 0.4) is 0 Å². The molecule has 0 atom stereocenters. The molecule has 0 saturated carbocycles. The van der Waals surface area contributed by atoms with Crippen LogP contribution in [0.2, 0.25) is 0 Å². The summed E-state index contributed by atoms with van der Waals surface area (Å²) < 4.78 is 0. The molecule has 2 rings (SSSR count). The maximum absolute atomic E-state index is 4.76. The van der Waals surface area contributed by atoms with Gasteiger partial charge < -0.3 is 5.32 Å². The van der Waals surface area contributed by atoms with Crippen LogP contribution in [0.4, 0.5) is 5.69 Å². The number of aromatic nitrogens is 1. The molecule has 2 heteroatoms. The van der Waals surface area contributed by atoms with Crippen molar-refractivity contribution in [3.63, 3.8) is 0 Å². The van der Waals surface area contributed by atoms with Gasteiger partial charge in [0.15, 0.2) is 0 Å². The van der Waals surface area contributed by atoms with Gasteiger partial charge in [-0.05, 0) is 44.4 Å². The summed E-state index contributed by atoms with van der Waals surface area (Å²) in [6, 6.07) is 8.66. The molecule has 0 bridgehead atoms. The highest BCUT2D eigenvalue weighted by molar-refractivity contribution is 5.92. The van der Waals surface area contributed by atoms with Gasteiger partial charge >= 0.3 is 0 Å². The van der Waals surface area contributed by atoms with Crippen LogP contribution in [-0.2, 0) is 6.42 Å². The first kappa shape index (κ1) is 12.9. The second kappa shape index (κ2) is 5.38. The summed E-state index contributed by atoms with van der Waals surface area (Å²) in [5.41, 5.74) is 4.76. The third-order valence-electron chi connectivity index (χ3n) is 3.00. The van der Waals surface area contributed by atoms with E-state index >= 15 is 0 Å². The Bertz CT molecular complexity index is 544. The van der Waals surface area contributed by atoms with Gasteiger partial charge in [-0.1, -0.05) is 25.5 Å². The van der Waals surface area contributed by atoms with E-state index in [0.717, 1.165) is 18.5 Å². The van der Waals surface area contributed by atoms with Crippen LogP contribution in [0.5, 0.6) is 0 Å². The molecule has 0 aliphatic heterocycles. The molecule has 18 heavy (non-hydrogen) atoms. The number of anilines is 1. The van der Waals surface area contributed by atoms with Gasteiger partial charge in [-0.3, -0.25) is 4.98 Å². The molecule has 2 aromatic rings. The lowest BCUT2D eigenvalue weighted by Crippen LogP contribution is -2.03. The van der Waals surface area contributed by atoms with Crippen LogP contribution in [-0.4, -0.2) is 11.5 Å². The van der Waals surface area contributed by atoms with Crippen LogP contribution in [0.1, 0.15) is 32.0 Å². The Balaban J connectivity index is 2.55. The Kier molecular flexibility index (Phi) is 3.85. The van der Waals surface area contributed by atoms with E-state index in [9.17, 15) is 0 Å². The molecule has 2 nitrogen and oxygen atoms in total. The number of hydrogen-bond acceptors (Lipinski definition) is 2. The second-order valence-electron chi connectivity index (χ2n) is 5.31. The van der Waals surface area contributed by atoms with Crippen molar-refractivity contribution in [3.05, 3.63) is 35.5 Å². The summed E-state index contributed by atoms with van der Waals surface area (Å²) in [4.78, 5) is 4.76. The lowest BCUT2D eigenvalue weighted by molar-refractivity contribution is 0.637. The molecular formula is C16H22N2. The molecule has 0 aliphatic carbocycles. The van der Waals surface area contributed by atoms with Crippen molar-refractivity contribution in [1.29, 1.82) is 0 Å². The lowest BCUT2D eigenvalue weighted by atomic mass is 10.0. The average Bonchev–Trinajstić information content (AvgIpc) is 2.29. The van der Waals surface area contributed by atoms with E-state index in [0.29, 0.717) is 5.92 Å². The number of pyridine rings is 1. The smallest absolute Gasteiger partial charge is 0.0726 e. The summed E-state index contributed by atoms with van der Waals surface area (Å²) in [6.45, 7) is 9.65. The van der Waals surface area contributed by atoms with E-state index in [-0.39, 0.29) is 0 Å². The van der Waals surface area contributed by atoms with Gasteiger partial charge in [0.2, 0.25) is 0 Å². The number of nitrogens with one attached hydrogen (secondary N) is 1. The van der Waals surface area contributed by atoms with Crippen molar-refractivity contribution in [2.45, 2.75) is 34.1 Å². The number of rotatable bonds is 4. The zero-order valence-corrected chi connectivity index (χ0v) is 11.7. The number of nitrogens with zero attached hydrogens (tertiary/aromatic N) is 1. The van der Waals surface area contributed by atoms with Crippen molar-refractivity contribution in [3.8, 4) is 0 Å². The first-order chi connectivity index (χ1) is 8.60. The fraction of sp³-hybridized carbons (Fsp3) is 0.438. The predicted octanol–water partition coefficient (Wildman–Crippen LogP) is 4.17. The Hall–Kier alpha value is -1.57. The minimum atomic E-state index is 0.634. The third kappa shape index (κ3) is 2.81. The number of hydrogen-bond donors (Lipinski definition) is 1. The predicted molar refractivity (Wildman–Crippen MR) is 79.2 cm³/mol. The van der Waals surface area contributed by atoms with E-state index in [4.69, 9.17) is 4.98 Å². The highest BCUT2D eigenvalue weighted by Crippen LogP contribution is 2.25. The summed E-state index contributed by atoms with van der Waals surface area (Å²) in [7, 11) is 0. The third-order valence-corrected chi connectivity index (χ3v) is 3.00. The van der Waals surface area contributed by atoms with Gasteiger partial charge in [0.1, 0.15) is 0 Å². The van der Waals surface area contributed by atoms with E-state index in [1.807, 2.05) is 0 Å². The van der Waals surface area contributed by atoms with Gasteiger partial charge in [0.05, 0.1) is 5.52 Å². The average molecular weight is 242 g/mol. The summed E-state index contributed by atoms with van der Waals surface area (Å²) in [5.74, 6) is 0.634. The van der Waals surface area contributed by atoms with E-state index in [1.165, 1.54) is 22.3 Å². The topological polar surface area (TPSA) is 24.9 Å². The molecule has 0 radical (unpaired) electrons. The number of aryl methyl sites for hydroxylation is 1. The van der Waals surface area contributed by atoms with Crippen molar-refractivity contribution < 1.29 is 0 Å². The largest absolute Gasteiger partial charge is 0.385 e. The van der Waals surface area contributed by atoms with Crippen molar-refractivity contribution >= 4 is 16.6 Å². The molecule has 0 amide bonds. The Morgan fingerprint density at radius 3 is 2.67 bits per heavy atom. The summed E-state index contributed by atoms with van der Waals surface area (Å²) in [6.07, 6.45) is 1.03. The van der Waals surface area contributed by atoms with Gasteiger partial charge in [0, 0.05) is 23.3 Å². The fourth-order valence-corrected chi connectivity index (χ4v) is 2.25. The first-order valence-electron chi connectivity index (χ1n) is 6.74. The van der Waals surface area contributed by atoms with Gasteiger partial charge in [-0.15, -0.1) is 0 Å². The lowest BCUT2D eigenvalue weighted by Gasteiger charge is -2.12. The van der Waals surface area contributed by atoms with Crippen LogP contribution >= 0.6 is 0 Å². The number of benzene rings is 1. The highest BCUT2D eigenvalue weighted by atomic mass is 14.9. The van der Waals surface area contributed by atoms with Gasteiger partial charge in [-0.25, -0.2) is 0 Å². The molecule has 1 aromatic carbocycles. The minimum absolute atomic E-state index is 0.634. The van der Waals surface area contributed by atoms with Crippen molar-refractivity contribution in [2.24, 2.45) is 5.92 Å². The summed E-state index contributed by atoms with van der Waals surface area (Å²) >= 11 is 0. The highest BCUT2D eigenvalue weighted by Gasteiger charge is 2.07. The second-order valence-corrected chi connectivity index (χ2v) is 5.31. The molecule has 96 valence electrons. The summed E-state index contributed by atoms with van der Waals surface area (Å²) in [5, 5.41) is 4.68. The molecule has 1 aromatic heterocycles. The van der Waals surface area contributed by atoms with Crippen LogP contribution in [0.15, 0.2) is 24.3 Å². The molecule has 0 unspecified atom stereocenters. The maximum Gasteiger partial charge on any atom is 0.0726 e. The molecular weight excluding hydrogens is 220 g/mol. The maximum atomic E-state index is 4.76. The van der Waals surface area contributed by atoms with E-state index in [2.05, 4.69) is 57.3 Å². The SMILES string of the molecule is CCNc1cc(CC(C)C)nc2ccc(C)cc12. The molecule has 1 heterocycles. The molecule has 0 aliphatic rings. The van der Waals surface area contributed by atoms with Gasteiger partial charge in [-0.2, -0.15) is 0 Å². The zero-order chi connectivity index (χ0) is 13.1. The zero-order valence-electron chi connectivity index (χ0n) is 11.7. The Morgan fingerprint density at radius 2 is 2.00 bits per heavy atom. The number of fused-ring (bicyclic) bond motifs is 1.